The van der Waals surface area contributed by atoms with Gasteiger partial charge in [-0.05, 0) is 25.8 Å². The summed E-state index contributed by atoms with van der Waals surface area (Å²) in [5.74, 6) is 0.317. The van der Waals surface area contributed by atoms with E-state index in [1.165, 1.54) is 0 Å². The number of halogens is 1. The van der Waals surface area contributed by atoms with Crippen molar-refractivity contribution < 1.29 is 4.79 Å². The van der Waals surface area contributed by atoms with Crippen LogP contribution in [0.5, 0.6) is 0 Å². The first-order valence-electron chi connectivity index (χ1n) is 5.27. The summed E-state index contributed by atoms with van der Waals surface area (Å²) in [7, 11) is 1.87. The number of hydrogen-bond acceptors (Lipinski definition) is 2. The zero-order valence-corrected chi connectivity index (χ0v) is 10.7. The summed E-state index contributed by atoms with van der Waals surface area (Å²) >= 11 is 5.71. The van der Waals surface area contributed by atoms with Gasteiger partial charge in [-0.1, -0.05) is 0 Å². The predicted octanol–water partition coefficient (Wildman–Crippen LogP) is 1.34. The van der Waals surface area contributed by atoms with Crippen molar-refractivity contribution in [2.45, 2.75) is 20.3 Å². The Hall–Kier alpha value is -1.03. The summed E-state index contributed by atoms with van der Waals surface area (Å²) in [5.41, 5.74) is 0.614. The number of carbonyl (C=O) groups excluding carboxylic acids is 1. The van der Waals surface area contributed by atoms with Gasteiger partial charge in [-0.15, -0.1) is 11.6 Å². The second-order valence-corrected chi connectivity index (χ2v) is 4.81. The number of alkyl halides is 1. The van der Waals surface area contributed by atoms with Crippen molar-refractivity contribution in [2.24, 2.45) is 12.5 Å². The van der Waals surface area contributed by atoms with Crippen LogP contribution in [0, 0.1) is 5.41 Å². The highest BCUT2D eigenvalue weighted by atomic mass is 35.5. The molecule has 1 aromatic heterocycles. The lowest BCUT2D eigenvalue weighted by Gasteiger charge is -2.20. The molecule has 0 unspecified atom stereocenters. The number of amides is 1. The van der Waals surface area contributed by atoms with Crippen LogP contribution < -0.4 is 5.32 Å². The van der Waals surface area contributed by atoms with Crippen molar-refractivity contribution in [3.63, 3.8) is 0 Å². The van der Waals surface area contributed by atoms with Crippen LogP contribution >= 0.6 is 11.6 Å². The summed E-state index contributed by atoms with van der Waals surface area (Å²) < 4.78 is 1.75. The van der Waals surface area contributed by atoms with Crippen LogP contribution in [0.1, 0.15) is 19.4 Å². The number of nitrogens with one attached hydrogen (secondary N) is 1. The maximum Gasteiger partial charge on any atom is 0.226 e. The Labute approximate surface area is 101 Å². The lowest BCUT2D eigenvalue weighted by Crippen LogP contribution is -2.39. The van der Waals surface area contributed by atoms with E-state index in [1.807, 2.05) is 27.1 Å². The highest BCUT2D eigenvalue weighted by Gasteiger charge is 2.25. The van der Waals surface area contributed by atoms with Crippen molar-refractivity contribution in [1.82, 2.24) is 15.1 Å². The van der Waals surface area contributed by atoms with Crippen LogP contribution in [-0.4, -0.2) is 28.1 Å². The van der Waals surface area contributed by atoms with Gasteiger partial charge in [0.15, 0.2) is 0 Å². The van der Waals surface area contributed by atoms with Crippen molar-refractivity contribution in [2.75, 3.05) is 12.4 Å². The van der Waals surface area contributed by atoms with E-state index in [9.17, 15) is 4.79 Å². The molecular weight excluding hydrogens is 226 g/mol. The van der Waals surface area contributed by atoms with Crippen LogP contribution in [0.15, 0.2) is 12.4 Å². The Bertz CT molecular complexity index is 360. The molecule has 4 nitrogen and oxygen atoms in total. The molecule has 1 N–H and O–H groups in total. The number of aryl methyl sites for hydroxylation is 1. The van der Waals surface area contributed by atoms with Gasteiger partial charge in [-0.25, -0.2) is 0 Å². The average Bonchev–Trinajstić information content (AvgIpc) is 2.64. The molecule has 16 heavy (non-hydrogen) atoms. The molecule has 5 heteroatoms. The first kappa shape index (κ1) is 13.0. The third kappa shape index (κ3) is 3.52. The predicted molar refractivity (Wildman–Crippen MR) is 64.4 cm³/mol. The maximum atomic E-state index is 11.7. The van der Waals surface area contributed by atoms with Gasteiger partial charge >= 0.3 is 0 Å². The van der Waals surface area contributed by atoms with Crippen LogP contribution in [0.2, 0.25) is 0 Å². The Morgan fingerprint density at radius 3 is 2.81 bits per heavy atom. The number of carbonyl (C=O) groups is 1. The maximum absolute atomic E-state index is 11.7. The summed E-state index contributed by atoms with van der Waals surface area (Å²) in [6, 6.07) is 0. The molecule has 0 saturated heterocycles. The van der Waals surface area contributed by atoms with E-state index < -0.39 is 5.41 Å². The summed E-state index contributed by atoms with van der Waals surface area (Å²) in [6.07, 6.45) is 4.54. The molecule has 0 bridgehead atoms. The first-order valence-corrected chi connectivity index (χ1v) is 5.81. The SMILES string of the molecule is Cn1cc(CCNC(=O)C(C)(C)CCl)cn1. The third-order valence-corrected chi connectivity index (χ3v) is 3.07. The fourth-order valence-electron chi connectivity index (χ4n) is 1.22. The molecule has 0 aromatic carbocycles. The normalized spacial score (nSPS) is 11.5. The minimum Gasteiger partial charge on any atom is -0.355 e. The Balaban J connectivity index is 2.33. The number of nitrogens with zero attached hydrogens (tertiary/aromatic N) is 2. The lowest BCUT2D eigenvalue weighted by molar-refractivity contribution is -0.128. The molecule has 0 radical (unpaired) electrons. The summed E-state index contributed by atoms with van der Waals surface area (Å²) in [5, 5.41) is 6.93. The minimum absolute atomic E-state index is 0.00797. The van der Waals surface area contributed by atoms with Gasteiger partial charge in [-0.3, -0.25) is 9.48 Å². The van der Waals surface area contributed by atoms with E-state index in [1.54, 1.807) is 10.9 Å². The number of aromatic nitrogens is 2. The monoisotopic (exact) mass is 243 g/mol. The lowest BCUT2D eigenvalue weighted by atomic mass is 9.95. The van der Waals surface area contributed by atoms with E-state index in [0.29, 0.717) is 12.4 Å². The average molecular weight is 244 g/mol. The van der Waals surface area contributed by atoms with Gasteiger partial charge < -0.3 is 5.32 Å². The standard InChI is InChI=1S/C11H18ClN3O/c1-11(2,8-12)10(16)13-5-4-9-6-14-15(3)7-9/h6-7H,4-5,8H2,1-3H3,(H,13,16). The second-order valence-electron chi connectivity index (χ2n) is 4.55. The minimum atomic E-state index is -0.503. The number of rotatable bonds is 5. The zero-order valence-electron chi connectivity index (χ0n) is 9.96. The fraction of sp³-hybridized carbons (Fsp3) is 0.636. The molecule has 0 saturated carbocycles. The molecule has 1 amide bonds. The Morgan fingerprint density at radius 1 is 1.62 bits per heavy atom. The molecule has 1 rings (SSSR count). The topological polar surface area (TPSA) is 46.9 Å². The van der Waals surface area contributed by atoms with Crippen LogP contribution in [0.4, 0.5) is 0 Å². The van der Waals surface area contributed by atoms with Crippen LogP contribution in [-0.2, 0) is 18.3 Å². The van der Waals surface area contributed by atoms with E-state index in [0.717, 1.165) is 12.0 Å². The van der Waals surface area contributed by atoms with Gasteiger partial charge in [0.2, 0.25) is 5.91 Å². The summed E-state index contributed by atoms with van der Waals surface area (Å²) in [6.45, 7) is 4.28. The van der Waals surface area contributed by atoms with E-state index >= 15 is 0 Å². The smallest absolute Gasteiger partial charge is 0.226 e. The van der Waals surface area contributed by atoms with Gasteiger partial charge in [0.1, 0.15) is 0 Å². The third-order valence-electron chi connectivity index (χ3n) is 2.41. The molecule has 0 aliphatic carbocycles. The van der Waals surface area contributed by atoms with Gasteiger partial charge in [0.05, 0.1) is 11.6 Å². The van der Waals surface area contributed by atoms with Gasteiger partial charge in [0.25, 0.3) is 0 Å². The summed E-state index contributed by atoms with van der Waals surface area (Å²) in [4.78, 5) is 11.7. The zero-order chi connectivity index (χ0) is 12.2. The van der Waals surface area contributed by atoms with E-state index in [-0.39, 0.29) is 5.91 Å². The fourth-order valence-corrected chi connectivity index (χ4v) is 1.34. The Morgan fingerprint density at radius 2 is 2.31 bits per heavy atom. The molecule has 0 aliphatic heterocycles. The van der Waals surface area contributed by atoms with Crippen molar-refractivity contribution in [3.05, 3.63) is 18.0 Å². The van der Waals surface area contributed by atoms with Crippen molar-refractivity contribution >= 4 is 17.5 Å². The quantitative estimate of drug-likeness (QED) is 0.794. The highest BCUT2D eigenvalue weighted by molar-refractivity contribution is 6.19. The van der Waals surface area contributed by atoms with E-state index in [4.69, 9.17) is 11.6 Å². The van der Waals surface area contributed by atoms with Crippen LogP contribution in [0.25, 0.3) is 0 Å². The number of hydrogen-bond donors (Lipinski definition) is 1. The Kier molecular flexibility index (Phi) is 4.35. The molecule has 1 aromatic rings. The van der Waals surface area contributed by atoms with E-state index in [2.05, 4.69) is 10.4 Å². The van der Waals surface area contributed by atoms with Crippen molar-refractivity contribution in [1.29, 1.82) is 0 Å². The molecule has 1 heterocycles. The molecule has 0 fully saturated rings. The molecular formula is C11H18ClN3O. The first-order chi connectivity index (χ1) is 7.45. The van der Waals surface area contributed by atoms with Gasteiger partial charge in [0, 0.05) is 25.7 Å². The highest BCUT2D eigenvalue weighted by Crippen LogP contribution is 2.16. The molecule has 0 aliphatic rings. The van der Waals surface area contributed by atoms with Gasteiger partial charge in [-0.2, -0.15) is 5.10 Å². The molecule has 0 atom stereocenters. The molecule has 0 spiro atoms. The van der Waals surface area contributed by atoms with Crippen LogP contribution in [0.3, 0.4) is 0 Å². The molecule has 90 valence electrons. The second kappa shape index (κ2) is 5.34. The largest absolute Gasteiger partial charge is 0.355 e. The van der Waals surface area contributed by atoms with Crippen molar-refractivity contribution in [3.8, 4) is 0 Å².